The zero-order valence-electron chi connectivity index (χ0n) is 11.4. The second-order valence-electron chi connectivity index (χ2n) is 4.88. The molecule has 1 aliphatic heterocycles. The van der Waals surface area contributed by atoms with Crippen molar-refractivity contribution in [3.8, 4) is 0 Å². The van der Waals surface area contributed by atoms with E-state index in [2.05, 4.69) is 5.32 Å². The molecule has 3 rings (SSSR count). The van der Waals surface area contributed by atoms with Gasteiger partial charge in [0.2, 0.25) is 0 Å². The number of carbonyl (C=O) groups is 1. The van der Waals surface area contributed by atoms with Crippen LogP contribution in [0, 0.1) is 5.82 Å². The molecule has 0 atom stereocenters. The number of halogens is 1. The molecule has 0 unspecified atom stereocenters. The number of sulfone groups is 1. The summed E-state index contributed by atoms with van der Waals surface area (Å²) in [5, 5.41) is 3.75. The molecule has 0 bridgehead atoms. The van der Waals surface area contributed by atoms with Gasteiger partial charge in [-0.05, 0) is 35.9 Å². The Morgan fingerprint density at radius 1 is 1.14 bits per heavy atom. The molecule has 1 aliphatic rings. The quantitative estimate of drug-likeness (QED) is 0.946. The van der Waals surface area contributed by atoms with Crippen molar-refractivity contribution in [2.24, 2.45) is 0 Å². The summed E-state index contributed by atoms with van der Waals surface area (Å²) in [4.78, 5) is 12.4. The van der Waals surface area contributed by atoms with Gasteiger partial charge >= 0.3 is 0 Å². The predicted octanol–water partition coefficient (Wildman–Crippen LogP) is 2.51. The summed E-state index contributed by atoms with van der Waals surface area (Å²) in [7, 11) is -3.44. The van der Waals surface area contributed by atoms with Crippen LogP contribution in [0.15, 0.2) is 52.8 Å². The van der Waals surface area contributed by atoms with E-state index in [-0.39, 0.29) is 22.8 Å². The molecule has 0 radical (unpaired) electrons. The molecule has 0 saturated heterocycles. The number of carbonyl (C=O) groups excluding carboxylic acids is 1. The summed E-state index contributed by atoms with van der Waals surface area (Å²) < 4.78 is 36.7. The van der Waals surface area contributed by atoms with Gasteiger partial charge in [-0.25, -0.2) is 12.8 Å². The summed E-state index contributed by atoms with van der Waals surface area (Å²) in [6, 6.07) is 10.5. The molecule has 1 amide bonds. The highest BCUT2D eigenvalue weighted by atomic mass is 32.2. The van der Waals surface area contributed by atoms with Gasteiger partial charge in [0.15, 0.2) is 9.84 Å². The van der Waals surface area contributed by atoms with Gasteiger partial charge in [-0.2, -0.15) is 0 Å². The van der Waals surface area contributed by atoms with Crippen molar-refractivity contribution in [1.82, 2.24) is 5.32 Å². The Kier molecular flexibility index (Phi) is 3.54. The van der Waals surface area contributed by atoms with Gasteiger partial charge in [-0.15, -0.1) is 0 Å². The lowest BCUT2D eigenvalue weighted by Gasteiger charge is -2.08. The van der Waals surface area contributed by atoms with Crippen LogP contribution in [0.25, 0.3) is 6.08 Å². The first-order chi connectivity index (χ1) is 10.5. The van der Waals surface area contributed by atoms with Gasteiger partial charge in [-0.3, -0.25) is 4.79 Å². The van der Waals surface area contributed by atoms with Crippen LogP contribution in [0.2, 0.25) is 0 Å². The lowest BCUT2D eigenvalue weighted by atomic mass is 10.1. The Bertz CT molecular complexity index is 888. The van der Waals surface area contributed by atoms with Crippen molar-refractivity contribution in [3.63, 3.8) is 0 Å². The third kappa shape index (κ3) is 2.65. The molecule has 0 fully saturated rings. The minimum atomic E-state index is -3.44. The second-order valence-corrected chi connectivity index (χ2v) is 6.68. The molecule has 1 heterocycles. The zero-order chi connectivity index (χ0) is 15.7. The smallest absolute Gasteiger partial charge is 0.252 e. The van der Waals surface area contributed by atoms with E-state index in [1.54, 1.807) is 18.2 Å². The molecular weight excluding hydrogens is 305 g/mol. The van der Waals surface area contributed by atoms with Gasteiger partial charge in [-0.1, -0.05) is 18.2 Å². The van der Waals surface area contributed by atoms with Crippen LogP contribution >= 0.6 is 0 Å². The van der Waals surface area contributed by atoms with Crippen LogP contribution in [-0.4, -0.2) is 14.3 Å². The summed E-state index contributed by atoms with van der Waals surface area (Å²) in [6.07, 6.45) is 1.42. The van der Waals surface area contributed by atoms with E-state index in [0.717, 1.165) is 5.41 Å². The van der Waals surface area contributed by atoms with E-state index < -0.39 is 15.7 Å². The molecular formula is C16H12FNO3S. The van der Waals surface area contributed by atoms with Crippen molar-refractivity contribution in [2.45, 2.75) is 11.4 Å². The number of rotatable bonds is 3. The molecule has 112 valence electrons. The molecule has 6 heteroatoms. The minimum Gasteiger partial charge on any atom is -0.348 e. The highest BCUT2D eigenvalue weighted by Crippen LogP contribution is 2.29. The average molecular weight is 317 g/mol. The van der Waals surface area contributed by atoms with Crippen LogP contribution in [0.5, 0.6) is 0 Å². The SMILES string of the molecule is O=C(NCc1cccc(F)c1)c1cccc2c1C=CS2(=O)=O. The first-order valence-corrected chi connectivity index (χ1v) is 8.11. The number of fused-ring (bicyclic) bond motifs is 1. The number of amides is 1. The molecule has 1 N–H and O–H groups in total. The van der Waals surface area contributed by atoms with E-state index >= 15 is 0 Å². The van der Waals surface area contributed by atoms with E-state index in [1.165, 1.54) is 30.3 Å². The maximum atomic E-state index is 13.1. The largest absolute Gasteiger partial charge is 0.348 e. The highest BCUT2D eigenvalue weighted by molar-refractivity contribution is 7.94. The lowest BCUT2D eigenvalue weighted by Crippen LogP contribution is -2.23. The molecule has 0 spiro atoms. The van der Waals surface area contributed by atoms with Crippen LogP contribution < -0.4 is 5.32 Å². The normalized spacial score (nSPS) is 14.6. The topological polar surface area (TPSA) is 63.2 Å². The van der Waals surface area contributed by atoms with E-state index in [4.69, 9.17) is 0 Å². The Hall–Kier alpha value is -2.47. The lowest BCUT2D eigenvalue weighted by molar-refractivity contribution is 0.0950. The van der Waals surface area contributed by atoms with E-state index in [1.807, 2.05) is 0 Å². The first kappa shape index (κ1) is 14.5. The van der Waals surface area contributed by atoms with Gasteiger partial charge in [0.25, 0.3) is 5.91 Å². The van der Waals surface area contributed by atoms with Crippen molar-refractivity contribution in [2.75, 3.05) is 0 Å². The average Bonchev–Trinajstić information content (AvgIpc) is 2.81. The molecule has 0 saturated carbocycles. The minimum absolute atomic E-state index is 0.130. The number of hydrogen-bond donors (Lipinski definition) is 1. The van der Waals surface area contributed by atoms with Gasteiger partial charge in [0.05, 0.1) is 4.90 Å². The Balaban J connectivity index is 1.83. The van der Waals surface area contributed by atoms with Crippen molar-refractivity contribution < 1.29 is 17.6 Å². The predicted molar refractivity (Wildman–Crippen MR) is 80.2 cm³/mol. The van der Waals surface area contributed by atoms with E-state index in [0.29, 0.717) is 11.1 Å². The fourth-order valence-electron chi connectivity index (χ4n) is 2.32. The third-order valence-electron chi connectivity index (χ3n) is 3.37. The standard InChI is InChI=1S/C16H12FNO3S/c17-12-4-1-3-11(9-12)10-18-16(19)14-5-2-6-15-13(14)7-8-22(15,20)21/h1-9H,10H2,(H,18,19). The maximum Gasteiger partial charge on any atom is 0.252 e. The first-order valence-electron chi connectivity index (χ1n) is 6.56. The molecule has 2 aromatic rings. The number of benzene rings is 2. The monoisotopic (exact) mass is 317 g/mol. The fraction of sp³-hybridized carbons (Fsp3) is 0.0625. The third-order valence-corrected chi connectivity index (χ3v) is 4.84. The maximum absolute atomic E-state index is 13.1. The Morgan fingerprint density at radius 2 is 1.91 bits per heavy atom. The number of hydrogen-bond acceptors (Lipinski definition) is 3. The summed E-state index contributed by atoms with van der Waals surface area (Å²) in [5.41, 5.74) is 1.30. The molecule has 0 aliphatic carbocycles. The van der Waals surface area contributed by atoms with Gasteiger partial charge in [0, 0.05) is 23.1 Å². The van der Waals surface area contributed by atoms with Crippen molar-refractivity contribution >= 4 is 21.8 Å². The van der Waals surface area contributed by atoms with Crippen LogP contribution in [0.3, 0.4) is 0 Å². The van der Waals surface area contributed by atoms with Crippen LogP contribution in [0.4, 0.5) is 4.39 Å². The fourth-order valence-corrected chi connectivity index (χ4v) is 3.53. The molecule has 0 aromatic heterocycles. The van der Waals surface area contributed by atoms with E-state index in [9.17, 15) is 17.6 Å². The summed E-state index contributed by atoms with van der Waals surface area (Å²) in [6.45, 7) is 0.163. The highest BCUT2D eigenvalue weighted by Gasteiger charge is 2.24. The Labute approximate surface area is 127 Å². The summed E-state index contributed by atoms with van der Waals surface area (Å²) in [5.74, 6) is -0.774. The molecule has 22 heavy (non-hydrogen) atoms. The van der Waals surface area contributed by atoms with Gasteiger partial charge < -0.3 is 5.32 Å². The van der Waals surface area contributed by atoms with Gasteiger partial charge in [0.1, 0.15) is 5.82 Å². The molecule has 4 nitrogen and oxygen atoms in total. The van der Waals surface area contributed by atoms with Crippen molar-refractivity contribution in [1.29, 1.82) is 0 Å². The number of nitrogens with one attached hydrogen (secondary N) is 1. The summed E-state index contributed by atoms with van der Waals surface area (Å²) >= 11 is 0. The second kappa shape index (κ2) is 5.38. The molecule has 2 aromatic carbocycles. The van der Waals surface area contributed by atoms with Crippen LogP contribution in [-0.2, 0) is 16.4 Å². The zero-order valence-corrected chi connectivity index (χ0v) is 12.2. The Morgan fingerprint density at radius 3 is 2.68 bits per heavy atom. The van der Waals surface area contributed by atoms with Crippen molar-refractivity contribution in [3.05, 3.63) is 70.4 Å². The van der Waals surface area contributed by atoms with Crippen LogP contribution in [0.1, 0.15) is 21.5 Å².